The Hall–Kier alpha value is -0.0400. The highest BCUT2D eigenvalue weighted by molar-refractivity contribution is 5.01. The summed E-state index contributed by atoms with van der Waals surface area (Å²) in [5.41, 5.74) is 0.384. The largest absolute Gasteiger partial charge is 0.390 e. The Morgan fingerprint density at radius 2 is 1.33 bits per heavy atom. The van der Waals surface area contributed by atoms with Crippen molar-refractivity contribution in [3.8, 4) is 0 Å². The zero-order chi connectivity index (χ0) is 8.82. The minimum absolute atomic E-state index is 0.326. The van der Waals surface area contributed by atoms with Gasteiger partial charge < -0.3 is 5.11 Å². The summed E-state index contributed by atoms with van der Waals surface area (Å²) in [6.07, 6.45) is 7.51. The molecule has 0 aromatic carbocycles. The van der Waals surface area contributed by atoms with Crippen LogP contribution < -0.4 is 0 Å². The lowest BCUT2D eigenvalue weighted by atomic mass is 9.72. The number of aliphatic hydroxyl groups is 1. The average Bonchev–Trinajstić information content (AvgIpc) is 2.77. The van der Waals surface area contributed by atoms with Gasteiger partial charge in [0, 0.05) is 0 Å². The first-order chi connectivity index (χ1) is 5.56. The molecule has 0 aromatic heterocycles. The maximum atomic E-state index is 10.2. The third kappa shape index (κ3) is 1.28. The maximum Gasteiger partial charge on any atom is 0.0671 e. The summed E-state index contributed by atoms with van der Waals surface area (Å²) in [6, 6.07) is 0. The highest BCUT2D eigenvalue weighted by Gasteiger charge is 2.49. The minimum Gasteiger partial charge on any atom is -0.390 e. The third-order valence-corrected chi connectivity index (χ3v) is 4.21. The molecule has 0 amide bonds. The Morgan fingerprint density at radius 3 is 1.67 bits per heavy atom. The number of hydrogen-bond donors (Lipinski definition) is 1. The zero-order valence-electron chi connectivity index (χ0n) is 8.27. The predicted octanol–water partition coefficient (Wildman–Crippen LogP) is 2.73. The molecule has 0 heterocycles. The number of rotatable bonds is 1. The van der Waals surface area contributed by atoms with Crippen molar-refractivity contribution in [1.29, 1.82) is 0 Å². The van der Waals surface area contributed by atoms with Crippen LogP contribution in [-0.2, 0) is 0 Å². The second-order valence-electron chi connectivity index (χ2n) is 5.26. The number of hydrogen-bond acceptors (Lipinski definition) is 1. The summed E-state index contributed by atoms with van der Waals surface area (Å²) in [5, 5.41) is 10.2. The van der Waals surface area contributed by atoms with E-state index in [-0.39, 0.29) is 5.60 Å². The first kappa shape index (κ1) is 8.55. The van der Waals surface area contributed by atoms with Gasteiger partial charge in [0.25, 0.3) is 0 Å². The van der Waals surface area contributed by atoms with Crippen LogP contribution in [0.3, 0.4) is 0 Å². The van der Waals surface area contributed by atoms with Gasteiger partial charge in [-0.15, -0.1) is 0 Å². The van der Waals surface area contributed by atoms with E-state index in [9.17, 15) is 5.11 Å². The first-order valence-electron chi connectivity index (χ1n) is 5.29. The first-order valence-corrected chi connectivity index (χ1v) is 5.29. The van der Waals surface area contributed by atoms with Crippen LogP contribution in [0, 0.1) is 11.3 Å². The van der Waals surface area contributed by atoms with Gasteiger partial charge in [-0.3, -0.25) is 0 Å². The Balaban J connectivity index is 1.96. The van der Waals surface area contributed by atoms with Gasteiger partial charge in [0.15, 0.2) is 0 Å². The Labute approximate surface area is 75.2 Å². The summed E-state index contributed by atoms with van der Waals surface area (Å²) >= 11 is 0. The molecule has 1 heteroatoms. The van der Waals surface area contributed by atoms with Crippen LogP contribution in [0.4, 0.5) is 0 Å². The van der Waals surface area contributed by atoms with Crippen molar-refractivity contribution in [2.45, 2.75) is 58.0 Å². The van der Waals surface area contributed by atoms with Crippen molar-refractivity contribution in [3.63, 3.8) is 0 Å². The smallest absolute Gasteiger partial charge is 0.0671 e. The van der Waals surface area contributed by atoms with Crippen molar-refractivity contribution in [2.75, 3.05) is 0 Å². The molecule has 12 heavy (non-hydrogen) atoms. The fourth-order valence-electron chi connectivity index (χ4n) is 2.47. The predicted molar refractivity (Wildman–Crippen MR) is 49.9 cm³/mol. The van der Waals surface area contributed by atoms with Gasteiger partial charge in [-0.05, 0) is 49.9 Å². The van der Waals surface area contributed by atoms with Gasteiger partial charge in [0.05, 0.1) is 5.60 Å². The second kappa shape index (κ2) is 2.47. The molecule has 2 rings (SSSR count). The highest BCUT2D eigenvalue weighted by atomic mass is 16.3. The van der Waals surface area contributed by atoms with Crippen molar-refractivity contribution in [3.05, 3.63) is 0 Å². The molecular weight excluding hydrogens is 148 g/mol. The van der Waals surface area contributed by atoms with Crippen LogP contribution in [0.25, 0.3) is 0 Å². The van der Waals surface area contributed by atoms with E-state index in [1.165, 1.54) is 25.7 Å². The van der Waals surface area contributed by atoms with Gasteiger partial charge in [0.1, 0.15) is 0 Å². The summed E-state index contributed by atoms with van der Waals surface area (Å²) in [7, 11) is 0. The van der Waals surface area contributed by atoms with Gasteiger partial charge in [-0.1, -0.05) is 13.8 Å². The van der Waals surface area contributed by atoms with Crippen molar-refractivity contribution >= 4 is 0 Å². The SMILES string of the molecule is CC(C)C1(O)CCC2(CC2)CC1. The molecule has 2 fully saturated rings. The molecule has 0 aliphatic heterocycles. The monoisotopic (exact) mass is 168 g/mol. The summed E-state index contributed by atoms with van der Waals surface area (Å²) in [4.78, 5) is 0. The lowest BCUT2D eigenvalue weighted by Crippen LogP contribution is -2.39. The van der Waals surface area contributed by atoms with E-state index in [2.05, 4.69) is 13.8 Å². The van der Waals surface area contributed by atoms with Crippen LogP contribution in [0.15, 0.2) is 0 Å². The molecule has 0 saturated heterocycles. The standard InChI is InChI=1S/C11H20O/c1-9(2)11(12)7-5-10(3-4-10)6-8-11/h9,12H,3-8H2,1-2H3. The van der Waals surface area contributed by atoms with E-state index in [1.54, 1.807) is 0 Å². The summed E-state index contributed by atoms with van der Waals surface area (Å²) in [5.74, 6) is 0.439. The molecule has 2 aliphatic rings. The Morgan fingerprint density at radius 1 is 0.917 bits per heavy atom. The molecule has 0 bridgehead atoms. The molecule has 2 saturated carbocycles. The summed E-state index contributed by atoms with van der Waals surface area (Å²) < 4.78 is 0. The van der Waals surface area contributed by atoms with E-state index < -0.39 is 0 Å². The average molecular weight is 168 g/mol. The van der Waals surface area contributed by atoms with Crippen LogP contribution in [-0.4, -0.2) is 10.7 Å². The van der Waals surface area contributed by atoms with E-state index in [1.807, 2.05) is 0 Å². The van der Waals surface area contributed by atoms with E-state index >= 15 is 0 Å². The molecule has 0 aromatic rings. The topological polar surface area (TPSA) is 20.2 Å². The van der Waals surface area contributed by atoms with Crippen LogP contribution in [0.1, 0.15) is 52.4 Å². The van der Waals surface area contributed by atoms with Crippen molar-refractivity contribution in [2.24, 2.45) is 11.3 Å². The van der Waals surface area contributed by atoms with Gasteiger partial charge in [-0.2, -0.15) is 0 Å². The zero-order valence-corrected chi connectivity index (χ0v) is 8.27. The second-order valence-corrected chi connectivity index (χ2v) is 5.26. The van der Waals surface area contributed by atoms with Gasteiger partial charge in [-0.25, -0.2) is 0 Å². The normalized spacial score (nSPS) is 31.0. The molecule has 0 atom stereocenters. The van der Waals surface area contributed by atoms with Gasteiger partial charge in [0.2, 0.25) is 0 Å². The molecule has 0 unspecified atom stereocenters. The molecule has 2 aliphatic carbocycles. The lowest BCUT2D eigenvalue weighted by molar-refractivity contribution is -0.0513. The highest BCUT2D eigenvalue weighted by Crippen LogP contribution is 2.58. The van der Waals surface area contributed by atoms with Crippen molar-refractivity contribution < 1.29 is 5.11 Å². The Kier molecular flexibility index (Phi) is 1.76. The van der Waals surface area contributed by atoms with Crippen LogP contribution >= 0.6 is 0 Å². The van der Waals surface area contributed by atoms with Crippen molar-refractivity contribution in [1.82, 2.24) is 0 Å². The van der Waals surface area contributed by atoms with E-state index in [0.717, 1.165) is 12.8 Å². The molecule has 1 N–H and O–H groups in total. The minimum atomic E-state index is -0.326. The fraction of sp³-hybridized carbons (Fsp3) is 1.00. The van der Waals surface area contributed by atoms with E-state index in [0.29, 0.717) is 11.3 Å². The molecule has 1 nitrogen and oxygen atoms in total. The molecule has 1 spiro atoms. The molecule has 0 radical (unpaired) electrons. The maximum absolute atomic E-state index is 10.2. The molecule has 70 valence electrons. The van der Waals surface area contributed by atoms with Crippen LogP contribution in [0.2, 0.25) is 0 Å². The Bertz CT molecular complexity index is 169. The fourth-order valence-corrected chi connectivity index (χ4v) is 2.47. The summed E-state index contributed by atoms with van der Waals surface area (Å²) in [6.45, 7) is 4.29. The third-order valence-electron chi connectivity index (χ3n) is 4.21. The quantitative estimate of drug-likeness (QED) is 0.638. The lowest BCUT2D eigenvalue weighted by Gasteiger charge is -2.39. The van der Waals surface area contributed by atoms with Gasteiger partial charge >= 0.3 is 0 Å². The van der Waals surface area contributed by atoms with Crippen LogP contribution in [0.5, 0.6) is 0 Å². The molecular formula is C11H20O. The van der Waals surface area contributed by atoms with E-state index in [4.69, 9.17) is 0 Å².